The largest absolute Gasteiger partial charge is 0.469 e. The fraction of sp³-hybridized carbons (Fsp3) is 0.588. The van der Waals surface area contributed by atoms with Crippen LogP contribution >= 0.6 is 0 Å². The minimum atomic E-state index is -1.16. The molecule has 2 aliphatic rings. The van der Waals surface area contributed by atoms with Crippen LogP contribution in [0.1, 0.15) is 36.8 Å². The summed E-state index contributed by atoms with van der Waals surface area (Å²) in [5.41, 5.74) is 0.731. The van der Waals surface area contributed by atoms with Crippen LogP contribution in [0.4, 0.5) is 0 Å². The van der Waals surface area contributed by atoms with Crippen molar-refractivity contribution in [1.82, 2.24) is 4.81 Å². The summed E-state index contributed by atoms with van der Waals surface area (Å²) in [7, 11) is 0.904. The van der Waals surface area contributed by atoms with Gasteiger partial charge in [0.05, 0.1) is 13.5 Å². The number of carbonyl (C=O) groups is 1. The number of carbonyl (C=O) groups excluding carboxylic acids is 1. The fourth-order valence-corrected chi connectivity index (χ4v) is 4.34. The second-order valence-corrected chi connectivity index (χ2v) is 6.96. The van der Waals surface area contributed by atoms with Crippen molar-refractivity contribution in [2.45, 2.75) is 43.5 Å². The number of rotatable bonds is 3. The highest BCUT2D eigenvalue weighted by atomic mass is 16.5. The molecule has 1 aromatic rings. The second kappa shape index (κ2) is 5.93. The van der Waals surface area contributed by atoms with Crippen molar-refractivity contribution in [3.63, 3.8) is 0 Å². The molecule has 1 spiro atoms. The van der Waals surface area contributed by atoms with Gasteiger partial charge >= 0.3 is 13.0 Å². The average molecular weight is 317 g/mol. The Morgan fingerprint density at radius 1 is 1.30 bits per heavy atom. The third-order valence-electron chi connectivity index (χ3n) is 5.58. The van der Waals surface area contributed by atoms with Gasteiger partial charge in [0, 0.05) is 5.41 Å². The Morgan fingerprint density at radius 3 is 2.48 bits per heavy atom. The van der Waals surface area contributed by atoms with E-state index in [-0.39, 0.29) is 17.8 Å². The van der Waals surface area contributed by atoms with E-state index in [4.69, 9.17) is 4.74 Å². The van der Waals surface area contributed by atoms with E-state index in [1.165, 1.54) is 7.11 Å². The summed E-state index contributed by atoms with van der Waals surface area (Å²) in [5.74, 6) is -0.388. The molecule has 1 unspecified atom stereocenters. The van der Waals surface area contributed by atoms with Gasteiger partial charge < -0.3 is 19.7 Å². The van der Waals surface area contributed by atoms with E-state index in [1.54, 1.807) is 6.82 Å². The summed E-state index contributed by atoms with van der Waals surface area (Å²) in [4.78, 5) is 13.8. The van der Waals surface area contributed by atoms with E-state index < -0.39 is 12.7 Å². The van der Waals surface area contributed by atoms with E-state index in [2.05, 4.69) is 6.07 Å². The predicted molar refractivity (Wildman–Crippen MR) is 87.9 cm³/mol. The Labute approximate surface area is 137 Å². The van der Waals surface area contributed by atoms with Gasteiger partial charge in [0.2, 0.25) is 0 Å². The predicted octanol–water partition coefficient (Wildman–Crippen LogP) is 1.28. The molecule has 1 heterocycles. The van der Waals surface area contributed by atoms with Crippen molar-refractivity contribution in [3.8, 4) is 0 Å². The maximum atomic E-state index is 11.8. The van der Waals surface area contributed by atoms with Crippen LogP contribution in [0.15, 0.2) is 24.3 Å². The number of aliphatic hydroxyl groups is 1. The summed E-state index contributed by atoms with van der Waals surface area (Å²) in [5, 5.41) is 20.9. The molecule has 0 radical (unpaired) electrons. The maximum absolute atomic E-state index is 11.8. The monoisotopic (exact) mass is 317 g/mol. The molecule has 3 rings (SSSR count). The number of nitrogens with zero attached hydrogens (tertiary/aromatic N) is 1. The molecule has 6 heteroatoms. The summed E-state index contributed by atoms with van der Waals surface area (Å²) >= 11 is 0. The molecule has 2 N–H and O–H groups in total. The first-order valence-corrected chi connectivity index (χ1v) is 8.21. The van der Waals surface area contributed by atoms with Crippen molar-refractivity contribution in [1.29, 1.82) is 0 Å². The molecule has 0 bridgehead atoms. The van der Waals surface area contributed by atoms with Gasteiger partial charge in [-0.05, 0) is 50.3 Å². The van der Waals surface area contributed by atoms with Crippen LogP contribution in [-0.2, 0) is 20.5 Å². The van der Waals surface area contributed by atoms with Crippen molar-refractivity contribution in [2.24, 2.45) is 0 Å². The number of ether oxygens (including phenoxy) is 1. The molecule has 0 amide bonds. The molecule has 124 valence electrons. The molecule has 5 nitrogen and oxygen atoms in total. The lowest BCUT2D eigenvalue weighted by Gasteiger charge is -2.41. The minimum Gasteiger partial charge on any atom is -0.469 e. The number of benzene rings is 1. The van der Waals surface area contributed by atoms with E-state index >= 15 is 0 Å². The third-order valence-corrected chi connectivity index (χ3v) is 5.58. The summed E-state index contributed by atoms with van der Waals surface area (Å²) < 4.78 is 4.78. The molecule has 23 heavy (non-hydrogen) atoms. The topological polar surface area (TPSA) is 70.0 Å². The van der Waals surface area contributed by atoms with Crippen molar-refractivity contribution in [2.75, 3.05) is 20.2 Å². The van der Waals surface area contributed by atoms with Crippen LogP contribution in [0.2, 0.25) is 6.82 Å². The van der Waals surface area contributed by atoms with E-state index in [0.717, 1.165) is 37.1 Å². The molecular weight excluding hydrogens is 293 g/mol. The van der Waals surface area contributed by atoms with E-state index in [0.29, 0.717) is 6.42 Å². The van der Waals surface area contributed by atoms with Gasteiger partial charge in [0.15, 0.2) is 0 Å². The molecule has 1 atom stereocenters. The van der Waals surface area contributed by atoms with Crippen molar-refractivity contribution >= 4 is 13.0 Å². The Hall–Kier alpha value is -1.37. The van der Waals surface area contributed by atoms with Crippen LogP contribution in [0.25, 0.3) is 0 Å². The third kappa shape index (κ3) is 2.79. The zero-order valence-electron chi connectivity index (χ0n) is 13.8. The zero-order chi connectivity index (χ0) is 16.7. The van der Waals surface area contributed by atoms with Gasteiger partial charge in [-0.1, -0.05) is 24.3 Å². The highest BCUT2D eigenvalue weighted by Crippen LogP contribution is 2.54. The standard InChI is InChI=1S/C17H24BNO4/c1-18(22)19-9-7-16(8-10-19)12-17(21,11-15(20)23-2)14-6-4-3-5-13(14)16/h3-6,21-22H,7-12H2,1-2H3. The van der Waals surface area contributed by atoms with Crippen LogP contribution in [0.5, 0.6) is 0 Å². The normalized spacial score (nSPS) is 26.1. The highest BCUT2D eigenvalue weighted by Gasteiger charge is 2.53. The van der Waals surface area contributed by atoms with E-state index in [1.807, 2.05) is 23.0 Å². The Balaban J connectivity index is 1.92. The average Bonchev–Trinajstić information content (AvgIpc) is 2.77. The summed E-state index contributed by atoms with van der Waals surface area (Å²) in [6, 6.07) is 7.90. The van der Waals surface area contributed by atoms with E-state index in [9.17, 15) is 14.9 Å². The van der Waals surface area contributed by atoms with Crippen molar-refractivity contribution < 1.29 is 19.7 Å². The van der Waals surface area contributed by atoms with Gasteiger partial charge in [-0.3, -0.25) is 4.79 Å². The fourth-order valence-electron chi connectivity index (χ4n) is 4.34. The molecule has 1 fully saturated rings. The van der Waals surface area contributed by atoms with Gasteiger partial charge in [0.25, 0.3) is 0 Å². The Kier molecular flexibility index (Phi) is 4.25. The Bertz CT molecular complexity index is 598. The molecule has 1 aromatic carbocycles. The smallest absolute Gasteiger partial charge is 0.376 e. The number of methoxy groups -OCH3 is 1. The van der Waals surface area contributed by atoms with Gasteiger partial charge in [0.1, 0.15) is 5.60 Å². The zero-order valence-corrected chi connectivity index (χ0v) is 13.8. The molecule has 1 aliphatic heterocycles. The lowest BCUT2D eigenvalue weighted by Crippen LogP contribution is -2.48. The summed E-state index contributed by atoms with van der Waals surface area (Å²) in [6.45, 7) is 3.37. The minimum absolute atomic E-state index is 0.0115. The van der Waals surface area contributed by atoms with Crippen LogP contribution in [0.3, 0.4) is 0 Å². The van der Waals surface area contributed by atoms with Gasteiger partial charge in [-0.2, -0.15) is 0 Å². The van der Waals surface area contributed by atoms with Gasteiger partial charge in [-0.15, -0.1) is 0 Å². The highest BCUT2D eigenvalue weighted by molar-refractivity contribution is 6.45. The first-order valence-electron chi connectivity index (χ1n) is 8.21. The first kappa shape index (κ1) is 16.5. The molecule has 0 aromatic heterocycles. The second-order valence-electron chi connectivity index (χ2n) is 6.96. The number of piperidine rings is 1. The number of esters is 1. The maximum Gasteiger partial charge on any atom is 0.376 e. The Morgan fingerprint density at radius 2 is 1.91 bits per heavy atom. The number of hydrogen-bond donors (Lipinski definition) is 2. The van der Waals surface area contributed by atoms with Crippen molar-refractivity contribution in [3.05, 3.63) is 35.4 Å². The van der Waals surface area contributed by atoms with Crippen LogP contribution < -0.4 is 0 Å². The lowest BCUT2D eigenvalue weighted by atomic mass is 9.70. The number of hydrogen-bond acceptors (Lipinski definition) is 5. The molecule has 1 aliphatic carbocycles. The lowest BCUT2D eigenvalue weighted by molar-refractivity contribution is -0.147. The summed E-state index contributed by atoms with van der Waals surface area (Å²) in [6.07, 6.45) is 2.28. The quantitative estimate of drug-likeness (QED) is 0.649. The first-order chi connectivity index (χ1) is 10.9. The SMILES string of the molecule is COC(=O)CC1(O)CC2(CCN(B(C)O)CC2)c2ccccc21. The number of fused-ring (bicyclic) bond motifs is 2. The molecule has 1 saturated heterocycles. The van der Waals surface area contributed by atoms with Gasteiger partial charge in [-0.25, -0.2) is 0 Å². The van der Waals surface area contributed by atoms with Crippen LogP contribution in [0, 0.1) is 0 Å². The van der Waals surface area contributed by atoms with Crippen LogP contribution in [-0.4, -0.2) is 48.2 Å². The molecular formula is C17H24BNO4. The molecule has 0 saturated carbocycles.